The lowest BCUT2D eigenvalue weighted by molar-refractivity contribution is -0.109. The van der Waals surface area contributed by atoms with Gasteiger partial charge in [0.25, 0.3) is 0 Å². The third-order valence-corrected chi connectivity index (χ3v) is 2.31. The summed E-state index contributed by atoms with van der Waals surface area (Å²) in [5, 5.41) is 14.1. The van der Waals surface area contributed by atoms with Gasteiger partial charge in [-0.05, 0) is 6.42 Å². The van der Waals surface area contributed by atoms with Crippen LogP contribution >= 0.6 is 0 Å². The molecule has 0 atom stereocenters. The van der Waals surface area contributed by atoms with Gasteiger partial charge in [0.15, 0.2) is 0 Å². The maximum atomic E-state index is 10.0. The second-order valence-corrected chi connectivity index (χ2v) is 4.26. The molecule has 0 unspecified atom stereocenters. The Balaban J connectivity index is 0. The number of hydrogen-bond donors (Lipinski definition) is 2. The fourth-order valence-electron chi connectivity index (χ4n) is 1.45. The van der Waals surface area contributed by atoms with Crippen LogP contribution in [0.15, 0.2) is 6.20 Å². The molecule has 0 bridgehead atoms. The molecule has 0 saturated carbocycles. The Hall–Kier alpha value is -1.43. The number of nitrogens with zero attached hydrogens (tertiary/aromatic N) is 3. The van der Waals surface area contributed by atoms with Crippen molar-refractivity contribution in [2.75, 3.05) is 13.1 Å². The van der Waals surface area contributed by atoms with Crippen molar-refractivity contribution in [3.05, 3.63) is 11.9 Å². The van der Waals surface area contributed by atoms with Crippen LogP contribution in [0.5, 0.6) is 0 Å². The average molecular weight is 299 g/mol. The minimum atomic E-state index is 0.500. The molecule has 6 heteroatoms. The summed E-state index contributed by atoms with van der Waals surface area (Å²) in [6.07, 6.45) is 4.43. The van der Waals surface area contributed by atoms with E-state index in [0.717, 1.165) is 31.6 Å². The molecule has 1 heterocycles. The molecule has 0 aromatic carbocycles. The van der Waals surface area contributed by atoms with Crippen LogP contribution < -0.4 is 10.6 Å². The summed E-state index contributed by atoms with van der Waals surface area (Å²) in [6.45, 7) is 14.6. The Labute approximate surface area is 129 Å². The van der Waals surface area contributed by atoms with Crippen LogP contribution in [0, 0.1) is 0 Å². The third-order valence-electron chi connectivity index (χ3n) is 2.31. The van der Waals surface area contributed by atoms with E-state index in [-0.39, 0.29) is 0 Å². The van der Waals surface area contributed by atoms with Gasteiger partial charge >= 0.3 is 0 Å². The first-order valence-electron chi connectivity index (χ1n) is 8.02. The molecular formula is C15H33N5O. The molecule has 0 aliphatic heterocycles. The quantitative estimate of drug-likeness (QED) is 0.540. The molecule has 0 aliphatic rings. The van der Waals surface area contributed by atoms with Crippen molar-refractivity contribution in [2.24, 2.45) is 0 Å². The zero-order valence-corrected chi connectivity index (χ0v) is 14.5. The van der Waals surface area contributed by atoms with E-state index in [1.807, 2.05) is 38.6 Å². The normalized spacial score (nSPS) is 9.29. The highest BCUT2D eigenvalue weighted by Crippen LogP contribution is 1.95. The highest BCUT2D eigenvalue weighted by Gasteiger charge is 2.01. The second kappa shape index (κ2) is 16.6. The van der Waals surface area contributed by atoms with Crippen molar-refractivity contribution in [3.63, 3.8) is 0 Å². The number of amides is 1. The van der Waals surface area contributed by atoms with Crippen LogP contribution in [0.2, 0.25) is 0 Å². The van der Waals surface area contributed by atoms with Gasteiger partial charge in [0.1, 0.15) is 0 Å². The SMILES string of the molecule is CC.CC.CC(C)NCCc1cn(CCCNC=O)nn1. The summed E-state index contributed by atoms with van der Waals surface area (Å²) in [4.78, 5) is 10.0. The lowest BCUT2D eigenvalue weighted by atomic mass is 10.3. The lowest BCUT2D eigenvalue weighted by Crippen LogP contribution is -2.25. The maximum absolute atomic E-state index is 10.0. The monoisotopic (exact) mass is 299 g/mol. The molecule has 2 N–H and O–H groups in total. The van der Waals surface area contributed by atoms with E-state index in [4.69, 9.17) is 0 Å². The summed E-state index contributed by atoms with van der Waals surface area (Å²) >= 11 is 0. The lowest BCUT2D eigenvalue weighted by Gasteiger charge is -2.05. The van der Waals surface area contributed by atoms with Gasteiger partial charge in [-0.15, -0.1) is 5.10 Å². The molecule has 0 aliphatic carbocycles. The zero-order chi connectivity index (χ0) is 16.5. The van der Waals surface area contributed by atoms with E-state index in [9.17, 15) is 4.79 Å². The van der Waals surface area contributed by atoms with E-state index in [2.05, 4.69) is 34.8 Å². The maximum Gasteiger partial charge on any atom is 0.207 e. The molecule has 21 heavy (non-hydrogen) atoms. The Morgan fingerprint density at radius 2 is 1.90 bits per heavy atom. The molecular weight excluding hydrogens is 266 g/mol. The molecule has 6 nitrogen and oxygen atoms in total. The summed E-state index contributed by atoms with van der Waals surface area (Å²) in [5.41, 5.74) is 1.00. The number of hydrogen-bond acceptors (Lipinski definition) is 4. The molecule has 124 valence electrons. The van der Waals surface area contributed by atoms with Crippen molar-refractivity contribution in [2.45, 2.75) is 67.0 Å². The molecule has 1 aromatic heterocycles. The Bertz CT molecular complexity index is 326. The zero-order valence-electron chi connectivity index (χ0n) is 14.5. The number of rotatable bonds is 9. The predicted octanol–water partition coefficient (Wildman–Crippen LogP) is 2.01. The topological polar surface area (TPSA) is 71.8 Å². The molecule has 0 spiro atoms. The predicted molar refractivity (Wildman–Crippen MR) is 88.2 cm³/mol. The van der Waals surface area contributed by atoms with E-state index in [1.165, 1.54) is 0 Å². The highest BCUT2D eigenvalue weighted by atomic mass is 16.1. The number of aromatic nitrogens is 3. The number of nitrogens with one attached hydrogen (secondary N) is 2. The number of carbonyl (C=O) groups excluding carboxylic acids is 1. The second-order valence-electron chi connectivity index (χ2n) is 4.26. The van der Waals surface area contributed by atoms with Crippen molar-refractivity contribution in [1.29, 1.82) is 0 Å². The number of carbonyl (C=O) groups is 1. The van der Waals surface area contributed by atoms with Crippen molar-refractivity contribution < 1.29 is 4.79 Å². The Morgan fingerprint density at radius 3 is 2.48 bits per heavy atom. The third kappa shape index (κ3) is 13.3. The Kier molecular flexibility index (Phi) is 17.3. The van der Waals surface area contributed by atoms with Gasteiger partial charge < -0.3 is 10.6 Å². The largest absolute Gasteiger partial charge is 0.359 e. The van der Waals surface area contributed by atoms with Gasteiger partial charge in [0.05, 0.1) is 5.69 Å². The fraction of sp³-hybridized carbons (Fsp3) is 0.800. The summed E-state index contributed by atoms with van der Waals surface area (Å²) in [5.74, 6) is 0. The van der Waals surface area contributed by atoms with Crippen LogP contribution in [-0.2, 0) is 17.8 Å². The van der Waals surface area contributed by atoms with Crippen molar-refractivity contribution in [3.8, 4) is 0 Å². The summed E-state index contributed by atoms with van der Waals surface area (Å²) in [6, 6.07) is 0.500. The van der Waals surface area contributed by atoms with Gasteiger partial charge in [-0.3, -0.25) is 9.48 Å². The first kappa shape index (κ1) is 21.9. The van der Waals surface area contributed by atoms with Crippen LogP contribution in [0.3, 0.4) is 0 Å². The van der Waals surface area contributed by atoms with E-state index in [0.29, 0.717) is 19.0 Å². The molecule has 0 saturated heterocycles. The van der Waals surface area contributed by atoms with Crippen LogP contribution in [-0.4, -0.2) is 40.5 Å². The fourth-order valence-corrected chi connectivity index (χ4v) is 1.45. The molecule has 1 aromatic rings. The first-order valence-corrected chi connectivity index (χ1v) is 8.02. The van der Waals surface area contributed by atoms with Crippen LogP contribution in [0.4, 0.5) is 0 Å². The summed E-state index contributed by atoms with van der Waals surface area (Å²) in [7, 11) is 0. The van der Waals surface area contributed by atoms with Gasteiger partial charge in [-0.25, -0.2) is 0 Å². The van der Waals surface area contributed by atoms with Crippen LogP contribution in [0.1, 0.15) is 53.7 Å². The van der Waals surface area contributed by atoms with E-state index in [1.54, 1.807) is 0 Å². The molecule has 0 radical (unpaired) electrons. The van der Waals surface area contributed by atoms with Gasteiger partial charge in [0.2, 0.25) is 6.41 Å². The molecule has 1 amide bonds. The molecule has 1 rings (SSSR count). The Morgan fingerprint density at radius 1 is 1.24 bits per heavy atom. The van der Waals surface area contributed by atoms with Crippen molar-refractivity contribution >= 4 is 6.41 Å². The van der Waals surface area contributed by atoms with E-state index >= 15 is 0 Å². The minimum Gasteiger partial charge on any atom is -0.359 e. The van der Waals surface area contributed by atoms with Crippen molar-refractivity contribution in [1.82, 2.24) is 25.6 Å². The minimum absolute atomic E-state index is 0.500. The smallest absolute Gasteiger partial charge is 0.207 e. The molecule has 0 fully saturated rings. The standard InChI is InChI=1S/C11H21N5O.2C2H6/c1-10(2)13-6-4-11-8-16(15-14-11)7-3-5-12-9-17;2*1-2/h8-10,13H,3-7H2,1-2H3,(H,12,17);2*1-2H3. The first-order chi connectivity index (χ1) is 10.2. The van der Waals surface area contributed by atoms with Gasteiger partial charge in [-0.2, -0.15) is 0 Å². The average Bonchev–Trinajstić information content (AvgIpc) is 2.95. The highest BCUT2D eigenvalue weighted by molar-refractivity contribution is 5.45. The van der Waals surface area contributed by atoms with Crippen LogP contribution in [0.25, 0.3) is 0 Å². The summed E-state index contributed by atoms with van der Waals surface area (Å²) < 4.78 is 1.82. The van der Waals surface area contributed by atoms with Gasteiger partial charge in [0, 0.05) is 38.3 Å². The number of aryl methyl sites for hydroxylation is 1. The van der Waals surface area contributed by atoms with Gasteiger partial charge in [-0.1, -0.05) is 46.8 Å². The van der Waals surface area contributed by atoms with E-state index < -0.39 is 0 Å².